The number of thiazole rings is 1. The topological polar surface area (TPSA) is 28.2 Å². The number of nitrogens with zero attached hydrogens (tertiary/aromatic N) is 2. The maximum Gasteiger partial charge on any atom is 0.187 e. The Bertz CT molecular complexity index is 787. The summed E-state index contributed by atoms with van der Waals surface area (Å²) in [6, 6.07) is 10.4. The molecule has 0 saturated heterocycles. The zero-order valence-corrected chi connectivity index (χ0v) is 17.1. The lowest BCUT2D eigenvalue weighted by molar-refractivity contribution is 0.357. The van der Waals surface area contributed by atoms with Crippen molar-refractivity contribution in [2.45, 2.75) is 19.8 Å². The van der Waals surface area contributed by atoms with Crippen LogP contribution in [0, 0.1) is 0 Å². The predicted octanol–water partition coefficient (Wildman–Crippen LogP) is 5.92. The highest BCUT2D eigenvalue weighted by molar-refractivity contribution is 7.19. The van der Waals surface area contributed by atoms with Gasteiger partial charge in [0.2, 0.25) is 0 Å². The van der Waals surface area contributed by atoms with E-state index in [1.54, 1.807) is 17.4 Å². The molecule has 0 amide bonds. The van der Waals surface area contributed by atoms with Gasteiger partial charge in [-0.1, -0.05) is 92.1 Å². The van der Waals surface area contributed by atoms with Crippen molar-refractivity contribution >= 4 is 16.5 Å². The Kier molecular flexibility index (Phi) is 8.75. The third-order valence-corrected chi connectivity index (χ3v) is 5.22. The molecule has 3 nitrogen and oxygen atoms in total. The molecule has 1 heterocycles. The van der Waals surface area contributed by atoms with E-state index < -0.39 is 0 Å². The molecule has 4 heteroatoms. The second-order valence-electron chi connectivity index (χ2n) is 6.29. The Labute approximate surface area is 167 Å². The minimum Gasteiger partial charge on any atom is -0.336 e. The van der Waals surface area contributed by atoms with Gasteiger partial charge in [-0.3, -0.25) is 0 Å². The molecule has 0 atom stereocenters. The van der Waals surface area contributed by atoms with Crippen molar-refractivity contribution in [2.24, 2.45) is 0 Å². The van der Waals surface area contributed by atoms with E-state index in [9.17, 15) is 0 Å². The van der Waals surface area contributed by atoms with Crippen LogP contribution in [0.3, 0.4) is 0 Å². The first-order valence-corrected chi connectivity index (χ1v) is 10.1. The number of hydrogen-bond acceptors (Lipinski definition) is 4. The van der Waals surface area contributed by atoms with Gasteiger partial charge in [0, 0.05) is 18.7 Å². The van der Waals surface area contributed by atoms with Crippen LogP contribution < -0.4 is 5.32 Å². The van der Waals surface area contributed by atoms with Crippen LogP contribution in [0.25, 0.3) is 10.4 Å². The SMILES string of the molecule is C=C/C=C\C=C/Cc1nc(NC(=C)CCN(C)CC)sc1-c1ccccc1. The fraction of sp³-hybridized carbons (Fsp3) is 0.261. The number of allylic oxidation sites excluding steroid dienone is 5. The third-order valence-electron chi connectivity index (χ3n) is 4.16. The Morgan fingerprint density at radius 1 is 1.22 bits per heavy atom. The monoisotopic (exact) mass is 379 g/mol. The first-order valence-electron chi connectivity index (χ1n) is 9.26. The zero-order valence-electron chi connectivity index (χ0n) is 16.3. The predicted molar refractivity (Wildman–Crippen MR) is 120 cm³/mol. The average Bonchev–Trinajstić information content (AvgIpc) is 3.09. The third kappa shape index (κ3) is 7.00. The second kappa shape index (κ2) is 11.3. The summed E-state index contributed by atoms with van der Waals surface area (Å²) in [7, 11) is 2.12. The van der Waals surface area contributed by atoms with Gasteiger partial charge in [-0.05, 0) is 25.6 Å². The zero-order chi connectivity index (χ0) is 19.5. The molecule has 142 valence electrons. The lowest BCUT2D eigenvalue weighted by atomic mass is 10.1. The fourth-order valence-electron chi connectivity index (χ4n) is 2.46. The van der Waals surface area contributed by atoms with E-state index in [0.29, 0.717) is 0 Å². The van der Waals surface area contributed by atoms with Crippen LogP contribution in [-0.4, -0.2) is 30.0 Å². The molecule has 0 aliphatic heterocycles. The van der Waals surface area contributed by atoms with Crippen molar-refractivity contribution in [1.29, 1.82) is 0 Å². The quantitative estimate of drug-likeness (QED) is 0.491. The molecular formula is C23H29N3S. The molecular weight excluding hydrogens is 350 g/mol. The highest BCUT2D eigenvalue weighted by atomic mass is 32.1. The van der Waals surface area contributed by atoms with Crippen LogP contribution >= 0.6 is 11.3 Å². The summed E-state index contributed by atoms with van der Waals surface area (Å²) >= 11 is 1.68. The number of hydrogen-bond donors (Lipinski definition) is 1. The lowest BCUT2D eigenvalue weighted by Gasteiger charge is -2.14. The van der Waals surface area contributed by atoms with Crippen LogP contribution in [0.5, 0.6) is 0 Å². The molecule has 2 rings (SSSR count). The van der Waals surface area contributed by atoms with Crippen molar-refractivity contribution < 1.29 is 0 Å². The summed E-state index contributed by atoms with van der Waals surface area (Å²) in [5.41, 5.74) is 3.28. The molecule has 0 spiro atoms. The van der Waals surface area contributed by atoms with Crippen LogP contribution in [0.2, 0.25) is 0 Å². The molecule has 0 unspecified atom stereocenters. The molecule has 0 aliphatic carbocycles. The fourth-order valence-corrected chi connectivity index (χ4v) is 3.50. The molecule has 0 fully saturated rings. The second-order valence-corrected chi connectivity index (χ2v) is 7.29. The molecule has 1 aromatic heterocycles. The first kappa shape index (κ1) is 20.9. The molecule has 0 saturated carbocycles. The van der Waals surface area contributed by atoms with Crippen molar-refractivity contribution in [3.05, 3.63) is 85.3 Å². The van der Waals surface area contributed by atoms with Gasteiger partial charge in [0.25, 0.3) is 0 Å². The summed E-state index contributed by atoms with van der Waals surface area (Å²) in [5, 5.41) is 4.30. The highest BCUT2D eigenvalue weighted by Crippen LogP contribution is 2.34. The van der Waals surface area contributed by atoms with Gasteiger partial charge in [0.05, 0.1) is 10.6 Å². The Morgan fingerprint density at radius 3 is 2.70 bits per heavy atom. The van der Waals surface area contributed by atoms with Crippen LogP contribution in [0.4, 0.5) is 5.13 Å². The molecule has 0 radical (unpaired) electrons. The molecule has 1 N–H and O–H groups in total. The average molecular weight is 380 g/mol. The van der Waals surface area contributed by atoms with E-state index in [2.05, 4.69) is 67.7 Å². The van der Waals surface area contributed by atoms with Gasteiger partial charge in [-0.2, -0.15) is 0 Å². The normalized spacial score (nSPS) is 11.5. The summed E-state index contributed by atoms with van der Waals surface area (Å²) in [6.45, 7) is 12.0. The van der Waals surface area contributed by atoms with E-state index in [1.165, 1.54) is 10.4 Å². The minimum absolute atomic E-state index is 0.787. The number of benzene rings is 1. The standard InChI is InChI=1S/C23H29N3S/c1-5-7-8-9-13-16-21-22(20-14-11-10-12-15-20)27-23(25-21)24-19(3)17-18-26(4)6-2/h5,7-15H,1,3,6,16-18H2,2,4H3,(H,24,25)/b8-7-,13-9-. The van der Waals surface area contributed by atoms with Gasteiger partial charge >= 0.3 is 0 Å². The van der Waals surface area contributed by atoms with E-state index in [0.717, 1.165) is 42.5 Å². The van der Waals surface area contributed by atoms with Gasteiger partial charge in [-0.25, -0.2) is 4.98 Å². The van der Waals surface area contributed by atoms with Crippen molar-refractivity contribution in [2.75, 3.05) is 25.5 Å². The van der Waals surface area contributed by atoms with Gasteiger partial charge < -0.3 is 10.2 Å². The molecule has 0 bridgehead atoms. The number of anilines is 1. The Hall–Kier alpha value is -2.43. The first-order chi connectivity index (χ1) is 13.1. The molecule has 2 aromatic rings. The largest absolute Gasteiger partial charge is 0.336 e. The highest BCUT2D eigenvalue weighted by Gasteiger charge is 2.12. The van der Waals surface area contributed by atoms with E-state index in [4.69, 9.17) is 4.98 Å². The minimum atomic E-state index is 0.787. The number of rotatable bonds is 11. The maximum absolute atomic E-state index is 4.83. The van der Waals surface area contributed by atoms with Crippen LogP contribution in [0.15, 0.2) is 79.6 Å². The smallest absolute Gasteiger partial charge is 0.187 e. The van der Waals surface area contributed by atoms with E-state index in [1.807, 2.05) is 24.3 Å². The van der Waals surface area contributed by atoms with Crippen molar-refractivity contribution in [3.8, 4) is 10.4 Å². The van der Waals surface area contributed by atoms with Crippen LogP contribution in [-0.2, 0) is 6.42 Å². The van der Waals surface area contributed by atoms with Crippen molar-refractivity contribution in [1.82, 2.24) is 9.88 Å². The Morgan fingerprint density at radius 2 is 2.00 bits per heavy atom. The Balaban J connectivity index is 2.14. The van der Waals surface area contributed by atoms with E-state index >= 15 is 0 Å². The summed E-state index contributed by atoms with van der Waals surface area (Å²) in [5.74, 6) is 0. The maximum atomic E-state index is 4.83. The van der Waals surface area contributed by atoms with Gasteiger partial charge in [0.1, 0.15) is 0 Å². The summed E-state index contributed by atoms with van der Waals surface area (Å²) < 4.78 is 0. The molecule has 0 aliphatic rings. The number of nitrogens with one attached hydrogen (secondary N) is 1. The van der Waals surface area contributed by atoms with Gasteiger partial charge in [-0.15, -0.1) is 0 Å². The van der Waals surface area contributed by atoms with E-state index in [-0.39, 0.29) is 0 Å². The van der Waals surface area contributed by atoms with Crippen LogP contribution in [0.1, 0.15) is 19.0 Å². The molecule has 1 aromatic carbocycles. The summed E-state index contributed by atoms with van der Waals surface area (Å²) in [6.07, 6.45) is 11.5. The molecule has 27 heavy (non-hydrogen) atoms. The van der Waals surface area contributed by atoms with Crippen molar-refractivity contribution in [3.63, 3.8) is 0 Å². The lowest BCUT2D eigenvalue weighted by Crippen LogP contribution is -2.20. The van der Waals surface area contributed by atoms with Gasteiger partial charge in [0.15, 0.2) is 5.13 Å². The summed E-state index contributed by atoms with van der Waals surface area (Å²) in [4.78, 5) is 8.31. The number of aromatic nitrogens is 1.